The number of aromatic nitrogens is 2. The standard InChI is InChI=1S/C21H15BrN4O2/c22-15-8-11-18-17(12-15)21(28)26(19(24-18)13-4-2-1-3-5-13)16-9-6-14(7-10-16)20(27)25-23/h1-12H,23H2,(H,25,27). The van der Waals surface area contributed by atoms with Gasteiger partial charge in [0.2, 0.25) is 0 Å². The molecule has 0 aliphatic rings. The van der Waals surface area contributed by atoms with Crippen LogP contribution < -0.4 is 16.8 Å². The molecule has 0 atom stereocenters. The van der Waals surface area contributed by atoms with Gasteiger partial charge in [0.05, 0.1) is 16.6 Å². The molecule has 138 valence electrons. The molecule has 3 aromatic carbocycles. The lowest BCUT2D eigenvalue weighted by molar-refractivity contribution is 0.0953. The lowest BCUT2D eigenvalue weighted by atomic mass is 10.1. The van der Waals surface area contributed by atoms with Gasteiger partial charge in [0, 0.05) is 15.6 Å². The maximum absolute atomic E-state index is 13.4. The van der Waals surface area contributed by atoms with Gasteiger partial charge in [-0.05, 0) is 42.5 Å². The van der Waals surface area contributed by atoms with E-state index in [1.165, 1.54) is 0 Å². The van der Waals surface area contributed by atoms with Crippen molar-refractivity contribution in [1.82, 2.24) is 15.0 Å². The molecule has 0 bridgehead atoms. The molecule has 0 fully saturated rings. The van der Waals surface area contributed by atoms with Crippen molar-refractivity contribution >= 4 is 32.7 Å². The van der Waals surface area contributed by atoms with Crippen LogP contribution in [0.1, 0.15) is 10.4 Å². The van der Waals surface area contributed by atoms with Crippen LogP contribution in [0.4, 0.5) is 0 Å². The minimum Gasteiger partial charge on any atom is -0.290 e. The topological polar surface area (TPSA) is 90.0 Å². The molecule has 7 heteroatoms. The van der Waals surface area contributed by atoms with Crippen molar-refractivity contribution in [2.24, 2.45) is 5.84 Å². The van der Waals surface area contributed by atoms with E-state index in [9.17, 15) is 9.59 Å². The van der Waals surface area contributed by atoms with Crippen molar-refractivity contribution in [2.75, 3.05) is 0 Å². The minimum absolute atomic E-state index is 0.193. The van der Waals surface area contributed by atoms with E-state index in [-0.39, 0.29) is 5.56 Å². The highest BCUT2D eigenvalue weighted by Crippen LogP contribution is 2.24. The van der Waals surface area contributed by atoms with E-state index in [1.807, 2.05) is 42.5 Å². The Bertz CT molecular complexity index is 1240. The molecule has 0 aliphatic heterocycles. The average molecular weight is 435 g/mol. The van der Waals surface area contributed by atoms with Crippen LogP contribution in [-0.2, 0) is 0 Å². The van der Waals surface area contributed by atoms with Gasteiger partial charge in [-0.15, -0.1) is 0 Å². The molecule has 0 spiro atoms. The van der Waals surface area contributed by atoms with Crippen LogP contribution in [0.5, 0.6) is 0 Å². The number of hydrogen-bond donors (Lipinski definition) is 2. The molecule has 1 heterocycles. The number of hydrogen-bond acceptors (Lipinski definition) is 4. The number of amides is 1. The number of nitrogens with two attached hydrogens (primary N) is 1. The number of hydrazine groups is 1. The number of carbonyl (C=O) groups is 1. The molecular formula is C21H15BrN4O2. The molecule has 0 saturated heterocycles. The summed E-state index contributed by atoms with van der Waals surface area (Å²) in [5.41, 5.74) is 4.33. The van der Waals surface area contributed by atoms with Crippen LogP contribution in [0, 0.1) is 0 Å². The van der Waals surface area contributed by atoms with Gasteiger partial charge in [-0.1, -0.05) is 46.3 Å². The molecular weight excluding hydrogens is 420 g/mol. The van der Waals surface area contributed by atoms with E-state index in [2.05, 4.69) is 21.4 Å². The third-order valence-corrected chi connectivity index (χ3v) is 4.87. The van der Waals surface area contributed by atoms with Crippen LogP contribution in [0.2, 0.25) is 0 Å². The number of carbonyl (C=O) groups excluding carboxylic acids is 1. The smallest absolute Gasteiger partial charge is 0.266 e. The number of nitrogens with zero attached hydrogens (tertiary/aromatic N) is 2. The second-order valence-electron chi connectivity index (χ2n) is 6.12. The van der Waals surface area contributed by atoms with E-state index in [1.54, 1.807) is 34.9 Å². The number of fused-ring (bicyclic) bond motifs is 1. The quantitative estimate of drug-likeness (QED) is 0.293. The minimum atomic E-state index is -0.400. The van der Waals surface area contributed by atoms with Gasteiger partial charge < -0.3 is 0 Å². The first-order valence-electron chi connectivity index (χ1n) is 8.47. The zero-order valence-electron chi connectivity index (χ0n) is 14.6. The Labute approximate surface area is 168 Å². The van der Waals surface area contributed by atoms with Crippen molar-refractivity contribution < 1.29 is 4.79 Å². The maximum atomic E-state index is 13.4. The molecule has 1 amide bonds. The first kappa shape index (κ1) is 18.1. The zero-order chi connectivity index (χ0) is 19.7. The van der Waals surface area contributed by atoms with E-state index in [4.69, 9.17) is 10.8 Å². The maximum Gasteiger partial charge on any atom is 0.266 e. The summed E-state index contributed by atoms with van der Waals surface area (Å²) in [6, 6.07) is 21.6. The summed E-state index contributed by atoms with van der Waals surface area (Å²) in [7, 11) is 0. The summed E-state index contributed by atoms with van der Waals surface area (Å²) in [5, 5.41) is 0.498. The molecule has 4 aromatic rings. The van der Waals surface area contributed by atoms with Crippen LogP contribution in [-0.4, -0.2) is 15.5 Å². The number of nitrogens with one attached hydrogen (secondary N) is 1. The predicted molar refractivity (Wildman–Crippen MR) is 112 cm³/mol. The first-order chi connectivity index (χ1) is 13.6. The molecule has 0 saturated carbocycles. The van der Waals surface area contributed by atoms with E-state index in [0.29, 0.717) is 28.0 Å². The van der Waals surface area contributed by atoms with Gasteiger partial charge in [0.1, 0.15) is 5.82 Å². The second-order valence-corrected chi connectivity index (χ2v) is 7.04. The van der Waals surface area contributed by atoms with Gasteiger partial charge in [0.25, 0.3) is 11.5 Å². The van der Waals surface area contributed by atoms with Crippen molar-refractivity contribution in [3.8, 4) is 17.1 Å². The SMILES string of the molecule is NNC(=O)c1ccc(-n2c(-c3ccccc3)nc3ccc(Br)cc3c2=O)cc1. The van der Waals surface area contributed by atoms with Crippen LogP contribution in [0.3, 0.4) is 0 Å². The molecule has 28 heavy (non-hydrogen) atoms. The van der Waals surface area contributed by atoms with Crippen LogP contribution in [0.15, 0.2) is 82.1 Å². The second kappa shape index (κ2) is 7.38. The van der Waals surface area contributed by atoms with Crippen molar-refractivity contribution in [1.29, 1.82) is 0 Å². The van der Waals surface area contributed by atoms with Gasteiger partial charge in [-0.2, -0.15) is 0 Å². The van der Waals surface area contributed by atoms with Crippen LogP contribution >= 0.6 is 15.9 Å². The Morgan fingerprint density at radius 3 is 2.39 bits per heavy atom. The first-order valence-corrected chi connectivity index (χ1v) is 9.27. The molecule has 0 unspecified atom stereocenters. The summed E-state index contributed by atoms with van der Waals surface area (Å²) in [6.07, 6.45) is 0. The fraction of sp³-hybridized carbons (Fsp3) is 0. The van der Waals surface area contributed by atoms with E-state index in [0.717, 1.165) is 10.0 Å². The highest BCUT2D eigenvalue weighted by Gasteiger charge is 2.15. The van der Waals surface area contributed by atoms with Gasteiger partial charge in [-0.25, -0.2) is 10.8 Å². The molecule has 1 aromatic heterocycles. The summed E-state index contributed by atoms with van der Waals surface area (Å²) in [6.45, 7) is 0. The third-order valence-electron chi connectivity index (χ3n) is 4.38. The molecule has 4 rings (SSSR count). The highest BCUT2D eigenvalue weighted by atomic mass is 79.9. The lowest BCUT2D eigenvalue weighted by Gasteiger charge is -2.14. The van der Waals surface area contributed by atoms with Gasteiger partial charge in [0.15, 0.2) is 0 Å². The van der Waals surface area contributed by atoms with Crippen molar-refractivity contribution in [2.45, 2.75) is 0 Å². The van der Waals surface area contributed by atoms with Crippen molar-refractivity contribution in [3.63, 3.8) is 0 Å². The Morgan fingerprint density at radius 2 is 1.71 bits per heavy atom. The Morgan fingerprint density at radius 1 is 1.00 bits per heavy atom. The molecule has 6 nitrogen and oxygen atoms in total. The van der Waals surface area contributed by atoms with Crippen molar-refractivity contribution in [3.05, 3.63) is 93.2 Å². The molecule has 3 N–H and O–H groups in total. The van der Waals surface area contributed by atoms with Crippen LogP contribution in [0.25, 0.3) is 28.0 Å². The summed E-state index contributed by atoms with van der Waals surface area (Å²) in [5.74, 6) is 5.31. The Kier molecular flexibility index (Phi) is 4.77. The molecule has 0 aliphatic carbocycles. The fourth-order valence-electron chi connectivity index (χ4n) is 3.02. The summed E-state index contributed by atoms with van der Waals surface area (Å²) < 4.78 is 2.35. The summed E-state index contributed by atoms with van der Waals surface area (Å²) >= 11 is 3.41. The monoisotopic (exact) mass is 434 g/mol. The highest BCUT2D eigenvalue weighted by molar-refractivity contribution is 9.10. The Balaban J connectivity index is 2.01. The number of halogens is 1. The van der Waals surface area contributed by atoms with E-state index < -0.39 is 5.91 Å². The zero-order valence-corrected chi connectivity index (χ0v) is 16.2. The summed E-state index contributed by atoms with van der Waals surface area (Å²) in [4.78, 5) is 29.8. The number of rotatable bonds is 3. The Hall–Kier alpha value is -3.29. The molecule has 0 radical (unpaired) electrons. The largest absolute Gasteiger partial charge is 0.290 e. The number of benzene rings is 3. The van der Waals surface area contributed by atoms with Gasteiger partial charge in [-0.3, -0.25) is 19.6 Å². The predicted octanol–water partition coefficient (Wildman–Crippen LogP) is 3.42. The third kappa shape index (κ3) is 3.21. The average Bonchev–Trinajstić information content (AvgIpc) is 2.74. The number of nitrogen functional groups attached to an aromatic ring is 1. The lowest BCUT2D eigenvalue weighted by Crippen LogP contribution is -2.30. The van der Waals surface area contributed by atoms with E-state index >= 15 is 0 Å². The van der Waals surface area contributed by atoms with Gasteiger partial charge >= 0.3 is 0 Å². The fourth-order valence-corrected chi connectivity index (χ4v) is 3.38. The normalized spacial score (nSPS) is 10.8.